The van der Waals surface area contributed by atoms with Crippen LogP contribution in [0.2, 0.25) is 0 Å². The number of aliphatic hydroxyl groups excluding tert-OH is 1. The Morgan fingerprint density at radius 3 is 2.15 bits per heavy atom. The van der Waals surface area contributed by atoms with Gasteiger partial charge in [0.2, 0.25) is 0 Å². The Kier molecular flexibility index (Phi) is 8.99. The van der Waals surface area contributed by atoms with Gasteiger partial charge in [0.15, 0.2) is 5.82 Å². The molecule has 1 aliphatic heterocycles. The fourth-order valence-electron chi connectivity index (χ4n) is 5.23. The highest BCUT2D eigenvalue weighted by Crippen LogP contribution is 2.29. The van der Waals surface area contributed by atoms with E-state index in [1.54, 1.807) is 7.11 Å². The number of anilines is 1. The molecule has 0 saturated carbocycles. The molecule has 0 radical (unpaired) electrons. The molecule has 202 valence electrons. The second-order valence-electron chi connectivity index (χ2n) is 10.4. The first-order valence-electron chi connectivity index (χ1n) is 13.8. The van der Waals surface area contributed by atoms with Gasteiger partial charge in [-0.25, -0.2) is 9.97 Å². The minimum absolute atomic E-state index is 0.381. The van der Waals surface area contributed by atoms with Crippen LogP contribution >= 0.6 is 0 Å². The van der Waals surface area contributed by atoms with E-state index in [1.807, 2.05) is 36.4 Å². The minimum Gasteiger partial charge on any atom is -0.391 e. The van der Waals surface area contributed by atoms with Crippen molar-refractivity contribution in [1.82, 2.24) is 14.9 Å². The molecule has 1 aliphatic rings. The molecular weight excluding hydrogens is 484 g/mol. The van der Waals surface area contributed by atoms with E-state index < -0.39 is 0 Å². The Morgan fingerprint density at radius 2 is 1.49 bits per heavy atom. The summed E-state index contributed by atoms with van der Waals surface area (Å²) in [4.78, 5) is 14.9. The van der Waals surface area contributed by atoms with Crippen LogP contribution < -0.4 is 4.90 Å². The number of aryl methyl sites for hydroxylation is 1. The molecule has 1 unspecified atom stereocenters. The number of benzene rings is 3. The normalized spacial score (nSPS) is 14.9. The predicted molar refractivity (Wildman–Crippen MR) is 157 cm³/mol. The van der Waals surface area contributed by atoms with E-state index in [4.69, 9.17) is 14.7 Å². The van der Waals surface area contributed by atoms with Gasteiger partial charge in [0.25, 0.3) is 0 Å². The number of aromatic nitrogens is 2. The molecule has 6 nitrogen and oxygen atoms in total. The maximum Gasteiger partial charge on any atom is 0.161 e. The van der Waals surface area contributed by atoms with E-state index in [0.29, 0.717) is 19.6 Å². The van der Waals surface area contributed by atoms with Crippen LogP contribution in [0.4, 0.5) is 5.82 Å². The van der Waals surface area contributed by atoms with Gasteiger partial charge in [0, 0.05) is 57.4 Å². The molecule has 2 heterocycles. The van der Waals surface area contributed by atoms with Crippen molar-refractivity contribution < 1.29 is 9.84 Å². The van der Waals surface area contributed by atoms with Gasteiger partial charge >= 0.3 is 0 Å². The summed E-state index contributed by atoms with van der Waals surface area (Å²) >= 11 is 0. The summed E-state index contributed by atoms with van der Waals surface area (Å²) in [5.41, 5.74) is 6.71. The number of hydrogen-bond donors (Lipinski definition) is 1. The second-order valence-corrected chi connectivity index (χ2v) is 10.4. The third kappa shape index (κ3) is 7.09. The topological polar surface area (TPSA) is 61.7 Å². The molecule has 1 N–H and O–H groups in total. The van der Waals surface area contributed by atoms with Crippen LogP contribution in [0.15, 0.2) is 84.9 Å². The van der Waals surface area contributed by atoms with Crippen LogP contribution in [0.3, 0.4) is 0 Å². The standard InChI is InChI=1S/C33H38N4O2/c1-25-13-15-27(16-14-25)22-30-31(24-39-2)34-32(28-11-7-4-8-12-28)35-33(30)37-19-17-36(18-20-37)23-29(38)21-26-9-5-3-6-10-26/h3-16,29,38H,17-24H2,1-2H3. The largest absolute Gasteiger partial charge is 0.391 e. The summed E-state index contributed by atoms with van der Waals surface area (Å²) in [6, 6.07) is 29.1. The van der Waals surface area contributed by atoms with E-state index in [1.165, 1.54) is 16.7 Å². The van der Waals surface area contributed by atoms with Gasteiger partial charge in [-0.3, -0.25) is 4.90 Å². The number of nitrogens with zero attached hydrogens (tertiary/aromatic N) is 4. The molecule has 0 bridgehead atoms. The molecule has 4 aromatic rings. The molecular formula is C33H38N4O2. The molecule has 0 aliphatic carbocycles. The highest BCUT2D eigenvalue weighted by molar-refractivity contribution is 5.61. The third-order valence-corrected chi connectivity index (χ3v) is 7.34. The van der Waals surface area contributed by atoms with Crippen LogP contribution in [-0.2, 0) is 24.2 Å². The van der Waals surface area contributed by atoms with Gasteiger partial charge in [-0.2, -0.15) is 0 Å². The first-order valence-corrected chi connectivity index (χ1v) is 13.8. The van der Waals surface area contributed by atoms with Crippen LogP contribution in [0.5, 0.6) is 0 Å². The lowest BCUT2D eigenvalue weighted by molar-refractivity contribution is 0.109. The highest BCUT2D eigenvalue weighted by Gasteiger charge is 2.25. The van der Waals surface area contributed by atoms with Crippen molar-refractivity contribution in [1.29, 1.82) is 0 Å². The molecule has 5 rings (SSSR count). The number of ether oxygens (including phenoxy) is 1. The van der Waals surface area contributed by atoms with E-state index in [2.05, 4.69) is 65.3 Å². The molecule has 1 aromatic heterocycles. The maximum absolute atomic E-state index is 10.7. The average molecular weight is 523 g/mol. The lowest BCUT2D eigenvalue weighted by Gasteiger charge is -2.37. The number of aliphatic hydroxyl groups is 1. The summed E-state index contributed by atoms with van der Waals surface area (Å²) in [5, 5.41) is 10.7. The number of methoxy groups -OCH3 is 1. The lowest BCUT2D eigenvalue weighted by atomic mass is 10.0. The quantitative estimate of drug-likeness (QED) is 0.319. The predicted octanol–water partition coefficient (Wildman–Crippen LogP) is 4.91. The van der Waals surface area contributed by atoms with Crippen molar-refractivity contribution in [3.8, 4) is 11.4 Å². The molecule has 3 aromatic carbocycles. The molecule has 1 atom stereocenters. The van der Waals surface area contributed by atoms with Gasteiger partial charge in [0.1, 0.15) is 5.82 Å². The monoisotopic (exact) mass is 522 g/mol. The molecule has 6 heteroatoms. The lowest BCUT2D eigenvalue weighted by Crippen LogP contribution is -2.49. The zero-order chi connectivity index (χ0) is 27.0. The number of rotatable bonds is 10. The Labute approximate surface area is 231 Å². The first kappa shape index (κ1) is 27.0. The summed E-state index contributed by atoms with van der Waals surface area (Å²) in [5.74, 6) is 1.71. The molecule has 0 amide bonds. The number of piperazine rings is 1. The average Bonchev–Trinajstić information content (AvgIpc) is 2.96. The fourth-order valence-corrected chi connectivity index (χ4v) is 5.23. The fraction of sp³-hybridized carbons (Fsp3) is 0.333. The SMILES string of the molecule is COCc1nc(-c2ccccc2)nc(N2CCN(CC(O)Cc3ccccc3)CC2)c1Cc1ccc(C)cc1. The van der Waals surface area contributed by atoms with Gasteiger partial charge in [-0.1, -0.05) is 90.5 Å². The van der Waals surface area contributed by atoms with Crippen molar-refractivity contribution in [2.24, 2.45) is 0 Å². The van der Waals surface area contributed by atoms with Gasteiger partial charge < -0.3 is 14.7 Å². The summed E-state index contributed by atoms with van der Waals surface area (Å²) in [6.45, 7) is 6.65. The zero-order valence-electron chi connectivity index (χ0n) is 23.0. The Bertz CT molecular complexity index is 1320. The van der Waals surface area contributed by atoms with Gasteiger partial charge in [-0.05, 0) is 24.5 Å². The highest BCUT2D eigenvalue weighted by atomic mass is 16.5. The summed E-state index contributed by atoms with van der Waals surface area (Å²) < 4.78 is 5.62. The van der Waals surface area contributed by atoms with Gasteiger partial charge in [-0.15, -0.1) is 0 Å². The van der Waals surface area contributed by atoms with Crippen molar-refractivity contribution in [2.45, 2.75) is 32.5 Å². The van der Waals surface area contributed by atoms with Crippen molar-refractivity contribution in [3.05, 3.63) is 113 Å². The molecule has 0 spiro atoms. The van der Waals surface area contributed by atoms with Crippen molar-refractivity contribution in [3.63, 3.8) is 0 Å². The first-order chi connectivity index (χ1) is 19.1. The van der Waals surface area contributed by atoms with Crippen LogP contribution in [0, 0.1) is 6.92 Å². The van der Waals surface area contributed by atoms with E-state index in [9.17, 15) is 5.11 Å². The minimum atomic E-state index is -0.381. The van der Waals surface area contributed by atoms with Crippen molar-refractivity contribution >= 4 is 5.82 Å². The van der Waals surface area contributed by atoms with E-state index >= 15 is 0 Å². The van der Waals surface area contributed by atoms with Crippen LogP contribution in [0.1, 0.15) is 27.9 Å². The van der Waals surface area contributed by atoms with Crippen LogP contribution in [0.25, 0.3) is 11.4 Å². The third-order valence-electron chi connectivity index (χ3n) is 7.34. The van der Waals surface area contributed by atoms with Gasteiger partial charge in [0.05, 0.1) is 18.4 Å². The summed E-state index contributed by atoms with van der Waals surface area (Å²) in [7, 11) is 1.72. The Hall–Kier alpha value is -3.58. The maximum atomic E-state index is 10.7. The molecule has 1 saturated heterocycles. The summed E-state index contributed by atoms with van der Waals surface area (Å²) in [6.07, 6.45) is 1.04. The van der Waals surface area contributed by atoms with E-state index in [0.717, 1.165) is 61.1 Å². The Morgan fingerprint density at radius 1 is 0.821 bits per heavy atom. The number of hydrogen-bond acceptors (Lipinski definition) is 6. The Balaban J connectivity index is 1.38. The van der Waals surface area contributed by atoms with Crippen LogP contribution in [-0.4, -0.2) is 65.9 Å². The smallest absolute Gasteiger partial charge is 0.161 e. The van der Waals surface area contributed by atoms with Crippen molar-refractivity contribution in [2.75, 3.05) is 44.7 Å². The molecule has 1 fully saturated rings. The number of β-amino-alcohol motifs (C(OH)–C–C–N with tert-alkyl or cyclic N) is 1. The zero-order valence-corrected chi connectivity index (χ0v) is 23.0. The second kappa shape index (κ2) is 13.0. The van der Waals surface area contributed by atoms with E-state index in [-0.39, 0.29) is 6.10 Å². The molecule has 39 heavy (non-hydrogen) atoms.